The molecule has 0 bridgehead atoms. The Hall–Kier alpha value is -2.02. The van der Waals surface area contributed by atoms with Gasteiger partial charge >= 0.3 is 12.0 Å². The predicted molar refractivity (Wildman–Crippen MR) is 73.8 cm³/mol. The number of aryl methyl sites for hydroxylation is 1. The molecule has 7 nitrogen and oxygen atoms in total. The number of urea groups is 1. The van der Waals surface area contributed by atoms with Crippen LogP contribution in [0.4, 0.5) is 4.79 Å². The summed E-state index contributed by atoms with van der Waals surface area (Å²) in [5.41, 5.74) is 0. The molecule has 3 atom stereocenters. The van der Waals surface area contributed by atoms with Crippen LogP contribution in [0.5, 0.6) is 0 Å². The Labute approximate surface area is 122 Å². The molecule has 21 heavy (non-hydrogen) atoms. The van der Waals surface area contributed by atoms with Crippen molar-refractivity contribution in [2.75, 3.05) is 6.54 Å². The lowest BCUT2D eigenvalue weighted by atomic mass is 10.1. The highest BCUT2D eigenvalue weighted by Crippen LogP contribution is 2.18. The number of carbonyl (C=O) groups excluding carboxylic acids is 1. The maximum atomic E-state index is 12.1. The van der Waals surface area contributed by atoms with Gasteiger partial charge in [-0.25, -0.2) is 9.59 Å². The van der Waals surface area contributed by atoms with Crippen molar-refractivity contribution in [3.8, 4) is 0 Å². The summed E-state index contributed by atoms with van der Waals surface area (Å²) < 4.78 is 5.22. The zero-order valence-electron chi connectivity index (χ0n) is 11.9. The average molecular weight is 296 g/mol. The van der Waals surface area contributed by atoms with Crippen LogP contribution >= 0.6 is 0 Å². The molecule has 1 fully saturated rings. The molecule has 116 valence electrons. The molecule has 7 heteroatoms. The highest BCUT2D eigenvalue weighted by molar-refractivity contribution is 5.83. The number of aliphatic hydroxyl groups excluding tert-OH is 1. The molecule has 3 unspecified atom stereocenters. The van der Waals surface area contributed by atoms with Crippen LogP contribution in [0.3, 0.4) is 0 Å². The summed E-state index contributed by atoms with van der Waals surface area (Å²) in [7, 11) is 0. The number of amides is 2. The van der Waals surface area contributed by atoms with E-state index in [0.29, 0.717) is 12.8 Å². The number of carboxylic acids is 1. The van der Waals surface area contributed by atoms with E-state index in [0.717, 1.165) is 5.76 Å². The summed E-state index contributed by atoms with van der Waals surface area (Å²) >= 11 is 0. The first kappa shape index (κ1) is 15.4. The summed E-state index contributed by atoms with van der Waals surface area (Å²) in [4.78, 5) is 24.4. The minimum absolute atomic E-state index is 0.0493. The van der Waals surface area contributed by atoms with Crippen molar-refractivity contribution in [3.63, 3.8) is 0 Å². The second-order valence-electron chi connectivity index (χ2n) is 5.36. The van der Waals surface area contributed by atoms with Gasteiger partial charge in [-0.3, -0.25) is 0 Å². The molecule has 1 aliphatic heterocycles. The number of hydrogen-bond donors (Lipinski definition) is 3. The molecular formula is C14H20N2O5. The molecule has 1 aliphatic rings. The molecule has 2 rings (SSSR count). The number of nitrogens with zero attached hydrogens (tertiary/aromatic N) is 1. The monoisotopic (exact) mass is 296 g/mol. The number of likely N-dealkylation sites (tertiary alicyclic amines) is 1. The van der Waals surface area contributed by atoms with Gasteiger partial charge in [0.25, 0.3) is 0 Å². The van der Waals surface area contributed by atoms with Crippen molar-refractivity contribution < 1.29 is 24.2 Å². The maximum Gasteiger partial charge on any atom is 0.326 e. The number of rotatable bonds is 5. The Kier molecular flexibility index (Phi) is 4.85. The fraction of sp³-hybridized carbons (Fsp3) is 0.571. The van der Waals surface area contributed by atoms with E-state index in [-0.39, 0.29) is 19.0 Å². The van der Waals surface area contributed by atoms with Gasteiger partial charge in [0.2, 0.25) is 0 Å². The standard InChI is InChI=1S/C14H20N2O5/c1-9(4-5-11-3-2-6-21-11)15-14(20)16-8-10(17)7-12(16)13(18)19/h2-3,6,9-10,12,17H,4-5,7-8H2,1H3,(H,15,20)(H,18,19). The normalized spacial score (nSPS) is 23.0. The van der Waals surface area contributed by atoms with Crippen LogP contribution in [0.1, 0.15) is 25.5 Å². The van der Waals surface area contributed by atoms with Crippen molar-refractivity contribution in [2.24, 2.45) is 0 Å². The fourth-order valence-corrected chi connectivity index (χ4v) is 2.45. The largest absolute Gasteiger partial charge is 0.480 e. The number of nitrogens with one attached hydrogen (secondary N) is 1. The van der Waals surface area contributed by atoms with E-state index in [4.69, 9.17) is 9.52 Å². The van der Waals surface area contributed by atoms with Gasteiger partial charge in [-0.05, 0) is 25.5 Å². The third-order valence-electron chi connectivity index (χ3n) is 3.60. The zero-order chi connectivity index (χ0) is 15.4. The minimum atomic E-state index is -1.09. The fourth-order valence-electron chi connectivity index (χ4n) is 2.45. The first-order chi connectivity index (χ1) is 9.97. The Bertz CT molecular complexity index is 488. The van der Waals surface area contributed by atoms with Crippen LogP contribution in [0.15, 0.2) is 22.8 Å². The molecule has 3 N–H and O–H groups in total. The van der Waals surface area contributed by atoms with E-state index in [2.05, 4.69) is 5.32 Å². The third-order valence-corrected chi connectivity index (χ3v) is 3.60. The number of aliphatic carboxylic acids is 1. The van der Waals surface area contributed by atoms with E-state index in [1.165, 1.54) is 4.90 Å². The average Bonchev–Trinajstić information content (AvgIpc) is 3.05. The van der Waals surface area contributed by atoms with E-state index >= 15 is 0 Å². The summed E-state index contributed by atoms with van der Waals surface area (Å²) in [5, 5.41) is 21.4. The molecule has 2 heterocycles. The number of hydrogen-bond acceptors (Lipinski definition) is 4. The summed E-state index contributed by atoms with van der Waals surface area (Å²) in [5.74, 6) is -0.249. The van der Waals surface area contributed by atoms with Gasteiger partial charge in [0.15, 0.2) is 0 Å². The van der Waals surface area contributed by atoms with Crippen molar-refractivity contribution in [1.82, 2.24) is 10.2 Å². The lowest BCUT2D eigenvalue weighted by Gasteiger charge is -2.24. The lowest BCUT2D eigenvalue weighted by Crippen LogP contribution is -2.48. The summed E-state index contributed by atoms with van der Waals surface area (Å²) in [6.45, 7) is 1.90. The maximum absolute atomic E-state index is 12.1. The number of β-amino-alcohol motifs (C(OH)–C–C–N with tert-alkyl or cyclic N) is 1. The summed E-state index contributed by atoms with van der Waals surface area (Å²) in [6, 6.07) is 2.14. The number of aliphatic hydroxyl groups is 1. The van der Waals surface area contributed by atoms with Crippen LogP contribution in [0, 0.1) is 0 Å². The van der Waals surface area contributed by atoms with Crippen LogP contribution in [0.2, 0.25) is 0 Å². The van der Waals surface area contributed by atoms with Crippen molar-refractivity contribution in [1.29, 1.82) is 0 Å². The van der Waals surface area contributed by atoms with Crippen LogP contribution in [-0.2, 0) is 11.2 Å². The molecule has 0 radical (unpaired) electrons. The highest BCUT2D eigenvalue weighted by Gasteiger charge is 2.39. The van der Waals surface area contributed by atoms with E-state index in [1.807, 2.05) is 19.1 Å². The second kappa shape index (κ2) is 6.62. The van der Waals surface area contributed by atoms with Gasteiger partial charge in [-0.2, -0.15) is 0 Å². The molecule has 2 amide bonds. The van der Waals surface area contributed by atoms with Crippen LogP contribution < -0.4 is 5.32 Å². The molecule has 1 aromatic rings. The molecule has 1 saturated heterocycles. The van der Waals surface area contributed by atoms with Crippen LogP contribution in [-0.4, -0.2) is 51.8 Å². The van der Waals surface area contributed by atoms with Crippen molar-refractivity contribution in [3.05, 3.63) is 24.2 Å². The Morgan fingerprint density at radius 2 is 2.33 bits per heavy atom. The predicted octanol–water partition coefficient (Wildman–Crippen LogP) is 0.830. The molecule has 0 spiro atoms. The zero-order valence-corrected chi connectivity index (χ0v) is 11.9. The molecule has 0 aromatic carbocycles. The Morgan fingerprint density at radius 3 is 2.95 bits per heavy atom. The molecule has 0 saturated carbocycles. The van der Waals surface area contributed by atoms with Gasteiger partial charge in [0.05, 0.1) is 12.4 Å². The molecule has 0 aliphatic carbocycles. The van der Waals surface area contributed by atoms with Gasteiger partial charge in [0, 0.05) is 25.4 Å². The van der Waals surface area contributed by atoms with Crippen molar-refractivity contribution in [2.45, 2.75) is 44.4 Å². The summed E-state index contributed by atoms with van der Waals surface area (Å²) in [6.07, 6.45) is 2.27. The van der Waals surface area contributed by atoms with Gasteiger partial charge in [0.1, 0.15) is 11.8 Å². The number of carboxylic acid groups (broad SMARTS) is 1. The van der Waals surface area contributed by atoms with Gasteiger partial charge < -0.3 is 24.8 Å². The van der Waals surface area contributed by atoms with Crippen LogP contribution in [0.25, 0.3) is 0 Å². The SMILES string of the molecule is CC(CCc1ccco1)NC(=O)N1CC(O)CC1C(=O)O. The molecular weight excluding hydrogens is 276 g/mol. The van der Waals surface area contributed by atoms with E-state index in [1.54, 1.807) is 6.26 Å². The Balaban J connectivity index is 1.83. The quantitative estimate of drug-likeness (QED) is 0.747. The minimum Gasteiger partial charge on any atom is -0.480 e. The van der Waals surface area contributed by atoms with Crippen molar-refractivity contribution >= 4 is 12.0 Å². The number of furan rings is 1. The highest BCUT2D eigenvalue weighted by atomic mass is 16.4. The first-order valence-electron chi connectivity index (χ1n) is 6.97. The van der Waals surface area contributed by atoms with Gasteiger partial charge in [-0.15, -0.1) is 0 Å². The Morgan fingerprint density at radius 1 is 1.57 bits per heavy atom. The van der Waals surface area contributed by atoms with E-state index in [9.17, 15) is 14.7 Å². The van der Waals surface area contributed by atoms with Gasteiger partial charge in [-0.1, -0.05) is 0 Å². The second-order valence-corrected chi connectivity index (χ2v) is 5.36. The lowest BCUT2D eigenvalue weighted by molar-refractivity contribution is -0.141. The topological polar surface area (TPSA) is 103 Å². The third kappa shape index (κ3) is 3.98. The first-order valence-corrected chi connectivity index (χ1v) is 6.97. The number of carbonyl (C=O) groups is 2. The smallest absolute Gasteiger partial charge is 0.326 e. The molecule has 1 aromatic heterocycles. The van der Waals surface area contributed by atoms with E-state index < -0.39 is 24.1 Å².